The summed E-state index contributed by atoms with van der Waals surface area (Å²) in [5.74, 6) is 0.000668. The van der Waals surface area contributed by atoms with Gasteiger partial charge in [0.15, 0.2) is 0 Å². The normalized spacial score (nSPS) is 18.4. The number of nitrogens with one attached hydrogen (secondary N) is 1. The minimum atomic E-state index is 0.000668. The van der Waals surface area contributed by atoms with Crippen LogP contribution in [0, 0.1) is 11.3 Å². The molecule has 84 valence electrons. The number of amides is 1. The van der Waals surface area contributed by atoms with Gasteiger partial charge in [-0.25, -0.2) is 0 Å². The van der Waals surface area contributed by atoms with Crippen LogP contribution in [0.15, 0.2) is 0 Å². The third-order valence-electron chi connectivity index (χ3n) is 2.56. The van der Waals surface area contributed by atoms with Gasteiger partial charge in [0.05, 0.1) is 19.0 Å². The van der Waals surface area contributed by atoms with Crippen molar-refractivity contribution in [3.05, 3.63) is 0 Å². The van der Waals surface area contributed by atoms with Crippen LogP contribution in [0.5, 0.6) is 0 Å². The van der Waals surface area contributed by atoms with E-state index in [1.54, 1.807) is 0 Å². The van der Waals surface area contributed by atoms with E-state index >= 15 is 0 Å². The van der Waals surface area contributed by atoms with Crippen molar-refractivity contribution in [1.29, 1.82) is 5.26 Å². The Morgan fingerprint density at radius 3 is 2.80 bits per heavy atom. The van der Waals surface area contributed by atoms with E-state index in [1.165, 1.54) is 0 Å². The van der Waals surface area contributed by atoms with E-state index in [9.17, 15) is 4.79 Å². The van der Waals surface area contributed by atoms with E-state index in [-0.39, 0.29) is 5.91 Å². The summed E-state index contributed by atoms with van der Waals surface area (Å²) in [6.45, 7) is 2.67. The van der Waals surface area contributed by atoms with Gasteiger partial charge < -0.3 is 11.1 Å². The molecular formula is C10H18N4O. The Balaban J connectivity index is 2.13. The van der Waals surface area contributed by atoms with Crippen LogP contribution in [-0.4, -0.2) is 43.0 Å². The van der Waals surface area contributed by atoms with E-state index in [4.69, 9.17) is 11.0 Å². The molecule has 0 aliphatic carbocycles. The minimum absolute atomic E-state index is 0.000668. The second-order valence-electron chi connectivity index (χ2n) is 3.87. The lowest BCUT2D eigenvalue weighted by atomic mass is 10.1. The summed E-state index contributed by atoms with van der Waals surface area (Å²) in [7, 11) is 0. The summed E-state index contributed by atoms with van der Waals surface area (Å²) in [5, 5.41) is 11.0. The van der Waals surface area contributed by atoms with E-state index in [2.05, 4.69) is 10.2 Å². The van der Waals surface area contributed by atoms with Gasteiger partial charge in [-0.3, -0.25) is 9.69 Å². The molecule has 0 unspecified atom stereocenters. The molecule has 0 aromatic rings. The number of likely N-dealkylation sites (tertiary alicyclic amines) is 1. The molecule has 1 saturated heterocycles. The van der Waals surface area contributed by atoms with Crippen LogP contribution in [0.2, 0.25) is 0 Å². The van der Waals surface area contributed by atoms with Crippen LogP contribution >= 0.6 is 0 Å². The standard InChI is InChI=1S/C10H18N4O/c11-4-1-5-13-10(15)8-14-6-2-9(12)3-7-14/h9H,1-3,5-8,12H2,(H,13,15). The molecule has 0 spiro atoms. The van der Waals surface area contributed by atoms with Crippen LogP contribution < -0.4 is 11.1 Å². The fourth-order valence-electron chi connectivity index (χ4n) is 1.63. The summed E-state index contributed by atoms with van der Waals surface area (Å²) in [6, 6.07) is 2.28. The molecule has 0 radical (unpaired) electrons. The third kappa shape index (κ3) is 4.77. The van der Waals surface area contributed by atoms with Crippen molar-refractivity contribution in [3.8, 4) is 6.07 Å². The maximum absolute atomic E-state index is 11.4. The van der Waals surface area contributed by atoms with Gasteiger partial charge in [0, 0.05) is 25.7 Å². The number of piperidine rings is 1. The van der Waals surface area contributed by atoms with E-state index in [0.29, 0.717) is 25.6 Å². The summed E-state index contributed by atoms with van der Waals surface area (Å²) in [6.07, 6.45) is 2.30. The average Bonchev–Trinajstić information content (AvgIpc) is 2.22. The number of nitrogens with two attached hydrogens (primary N) is 1. The first-order chi connectivity index (χ1) is 7.22. The zero-order valence-corrected chi connectivity index (χ0v) is 8.91. The minimum Gasteiger partial charge on any atom is -0.354 e. The maximum Gasteiger partial charge on any atom is 0.234 e. The van der Waals surface area contributed by atoms with Crippen LogP contribution in [0.4, 0.5) is 0 Å². The number of nitrogens with zero attached hydrogens (tertiary/aromatic N) is 2. The fraction of sp³-hybridized carbons (Fsp3) is 0.800. The summed E-state index contributed by atoms with van der Waals surface area (Å²) in [5.41, 5.74) is 5.76. The molecule has 3 N–H and O–H groups in total. The van der Waals surface area contributed by atoms with Crippen LogP contribution in [-0.2, 0) is 4.79 Å². The SMILES string of the molecule is N#CCCNC(=O)CN1CCC(N)CC1. The molecule has 1 heterocycles. The van der Waals surface area contributed by atoms with Gasteiger partial charge in [-0.1, -0.05) is 0 Å². The Hall–Kier alpha value is -1.12. The predicted octanol–water partition coefficient (Wildman–Crippen LogP) is -0.561. The number of hydrogen-bond acceptors (Lipinski definition) is 4. The molecule has 1 amide bonds. The van der Waals surface area contributed by atoms with Crippen molar-refractivity contribution in [1.82, 2.24) is 10.2 Å². The smallest absolute Gasteiger partial charge is 0.234 e. The topological polar surface area (TPSA) is 82.2 Å². The molecule has 5 nitrogen and oxygen atoms in total. The summed E-state index contributed by atoms with van der Waals surface area (Å²) >= 11 is 0. The lowest BCUT2D eigenvalue weighted by Crippen LogP contribution is -2.44. The molecule has 0 aromatic carbocycles. The van der Waals surface area contributed by atoms with Gasteiger partial charge in [0.25, 0.3) is 0 Å². The van der Waals surface area contributed by atoms with E-state index in [1.807, 2.05) is 6.07 Å². The Labute approximate surface area is 90.2 Å². The maximum atomic E-state index is 11.4. The molecule has 1 rings (SSSR count). The Morgan fingerprint density at radius 2 is 2.20 bits per heavy atom. The van der Waals surface area contributed by atoms with Crippen molar-refractivity contribution in [3.63, 3.8) is 0 Å². The number of nitriles is 1. The molecular weight excluding hydrogens is 192 g/mol. The monoisotopic (exact) mass is 210 g/mol. The zero-order valence-electron chi connectivity index (χ0n) is 8.91. The molecule has 5 heteroatoms. The highest BCUT2D eigenvalue weighted by molar-refractivity contribution is 5.78. The van der Waals surface area contributed by atoms with Crippen molar-refractivity contribution in [2.75, 3.05) is 26.2 Å². The van der Waals surface area contributed by atoms with E-state index < -0.39 is 0 Å². The first kappa shape index (κ1) is 12.0. The summed E-state index contributed by atoms with van der Waals surface area (Å²) in [4.78, 5) is 13.5. The molecule has 1 aliphatic rings. The summed E-state index contributed by atoms with van der Waals surface area (Å²) < 4.78 is 0. The van der Waals surface area contributed by atoms with Crippen molar-refractivity contribution < 1.29 is 4.79 Å². The van der Waals surface area contributed by atoms with Gasteiger partial charge in [0.1, 0.15) is 0 Å². The lowest BCUT2D eigenvalue weighted by Gasteiger charge is -2.29. The molecule has 0 saturated carbocycles. The second-order valence-corrected chi connectivity index (χ2v) is 3.87. The average molecular weight is 210 g/mol. The molecule has 0 bridgehead atoms. The van der Waals surface area contributed by atoms with Gasteiger partial charge in [0.2, 0.25) is 5.91 Å². The number of hydrogen-bond donors (Lipinski definition) is 2. The van der Waals surface area contributed by atoms with E-state index in [0.717, 1.165) is 25.9 Å². The fourth-order valence-corrected chi connectivity index (χ4v) is 1.63. The number of carbonyl (C=O) groups excluding carboxylic acids is 1. The Kier molecular flexibility index (Phi) is 5.08. The number of carbonyl (C=O) groups is 1. The third-order valence-corrected chi connectivity index (χ3v) is 2.56. The van der Waals surface area contributed by atoms with Crippen molar-refractivity contribution in [2.24, 2.45) is 5.73 Å². The second kappa shape index (κ2) is 6.38. The van der Waals surface area contributed by atoms with Gasteiger partial charge in [-0.05, 0) is 12.8 Å². The highest BCUT2D eigenvalue weighted by Crippen LogP contribution is 2.06. The highest BCUT2D eigenvalue weighted by Gasteiger charge is 2.17. The largest absolute Gasteiger partial charge is 0.354 e. The quantitative estimate of drug-likeness (QED) is 0.609. The molecule has 0 atom stereocenters. The van der Waals surface area contributed by atoms with Gasteiger partial charge >= 0.3 is 0 Å². The van der Waals surface area contributed by atoms with Crippen LogP contribution in [0.25, 0.3) is 0 Å². The van der Waals surface area contributed by atoms with Crippen LogP contribution in [0.3, 0.4) is 0 Å². The van der Waals surface area contributed by atoms with Gasteiger partial charge in [-0.15, -0.1) is 0 Å². The molecule has 1 aliphatic heterocycles. The molecule has 15 heavy (non-hydrogen) atoms. The Bertz CT molecular complexity index is 240. The molecule has 0 aromatic heterocycles. The molecule has 1 fully saturated rings. The first-order valence-electron chi connectivity index (χ1n) is 5.34. The number of rotatable bonds is 4. The first-order valence-corrected chi connectivity index (χ1v) is 5.34. The van der Waals surface area contributed by atoms with Gasteiger partial charge in [-0.2, -0.15) is 5.26 Å². The zero-order chi connectivity index (χ0) is 11.1. The Morgan fingerprint density at radius 1 is 1.53 bits per heavy atom. The van der Waals surface area contributed by atoms with Crippen molar-refractivity contribution in [2.45, 2.75) is 25.3 Å². The van der Waals surface area contributed by atoms with Crippen molar-refractivity contribution >= 4 is 5.91 Å². The predicted molar refractivity (Wildman–Crippen MR) is 56.9 cm³/mol. The lowest BCUT2D eigenvalue weighted by molar-refractivity contribution is -0.122. The van der Waals surface area contributed by atoms with Crippen LogP contribution in [0.1, 0.15) is 19.3 Å². The highest BCUT2D eigenvalue weighted by atomic mass is 16.2.